The lowest BCUT2D eigenvalue weighted by atomic mass is 10.1. The second-order valence-corrected chi connectivity index (χ2v) is 7.64. The summed E-state index contributed by atoms with van der Waals surface area (Å²) in [7, 11) is 0. The molecular formula is C26H24FN3O3. The number of amides is 2. The monoisotopic (exact) mass is 445 g/mol. The number of nitrogens with zero attached hydrogens (tertiary/aromatic N) is 3. The first-order chi connectivity index (χ1) is 16.1. The SMILES string of the molecule is O=C(/C=C/c1ccc(OCc2ccccn2)cc1)N1CCN(C(=O)c2ccc(F)cc2)CC1. The molecule has 0 aliphatic carbocycles. The average Bonchev–Trinajstić information content (AvgIpc) is 2.87. The fraction of sp³-hybridized carbons (Fsp3) is 0.192. The zero-order valence-electron chi connectivity index (χ0n) is 18.1. The second kappa shape index (κ2) is 10.5. The number of carbonyl (C=O) groups excluding carboxylic acids is 2. The number of carbonyl (C=O) groups is 2. The van der Waals surface area contributed by atoms with Gasteiger partial charge in [0, 0.05) is 44.0 Å². The molecule has 6 nitrogen and oxygen atoms in total. The normalized spacial score (nSPS) is 13.8. The van der Waals surface area contributed by atoms with Gasteiger partial charge in [-0.15, -0.1) is 0 Å². The van der Waals surface area contributed by atoms with Crippen molar-refractivity contribution in [1.29, 1.82) is 0 Å². The lowest BCUT2D eigenvalue weighted by Gasteiger charge is -2.34. The molecule has 4 rings (SSSR count). The van der Waals surface area contributed by atoms with Gasteiger partial charge in [0.1, 0.15) is 18.2 Å². The van der Waals surface area contributed by atoms with Gasteiger partial charge in [0.2, 0.25) is 5.91 Å². The molecule has 0 radical (unpaired) electrons. The van der Waals surface area contributed by atoms with E-state index in [1.54, 1.807) is 28.1 Å². The number of hydrogen-bond acceptors (Lipinski definition) is 4. The number of pyridine rings is 1. The van der Waals surface area contributed by atoms with E-state index in [4.69, 9.17) is 4.74 Å². The summed E-state index contributed by atoms with van der Waals surface area (Å²) >= 11 is 0. The summed E-state index contributed by atoms with van der Waals surface area (Å²) in [5.74, 6) is 0.105. The average molecular weight is 445 g/mol. The molecule has 1 saturated heterocycles. The maximum Gasteiger partial charge on any atom is 0.253 e. The van der Waals surface area contributed by atoms with Crippen molar-refractivity contribution >= 4 is 17.9 Å². The maximum atomic E-state index is 13.1. The van der Waals surface area contributed by atoms with E-state index in [1.165, 1.54) is 24.3 Å². The third-order valence-electron chi connectivity index (χ3n) is 5.38. The molecule has 0 unspecified atom stereocenters. The Bertz CT molecular complexity index is 1110. The molecule has 0 atom stereocenters. The number of hydrogen-bond donors (Lipinski definition) is 0. The predicted octanol–water partition coefficient (Wildman–Crippen LogP) is 3.80. The molecule has 3 aromatic rings. The second-order valence-electron chi connectivity index (χ2n) is 7.64. The standard InChI is InChI=1S/C26H24FN3O3/c27-22-9-7-21(8-10-22)26(32)30-17-15-29(16-18-30)25(31)13-6-20-4-11-24(12-5-20)33-19-23-3-1-2-14-28-23/h1-14H,15-19H2/b13-6+. The van der Waals surface area contributed by atoms with E-state index in [-0.39, 0.29) is 17.6 Å². The van der Waals surface area contributed by atoms with Crippen molar-refractivity contribution in [3.05, 3.63) is 102 Å². The molecule has 2 aromatic carbocycles. The highest BCUT2D eigenvalue weighted by Gasteiger charge is 2.23. The number of ether oxygens (including phenoxy) is 1. The van der Waals surface area contributed by atoms with E-state index < -0.39 is 0 Å². The maximum absolute atomic E-state index is 13.1. The van der Waals surface area contributed by atoms with E-state index in [0.29, 0.717) is 38.3 Å². The van der Waals surface area contributed by atoms with Crippen LogP contribution in [0.5, 0.6) is 5.75 Å². The van der Waals surface area contributed by atoms with Gasteiger partial charge in [0.15, 0.2) is 0 Å². The highest BCUT2D eigenvalue weighted by Crippen LogP contribution is 2.15. The molecule has 2 amide bonds. The van der Waals surface area contributed by atoms with Crippen LogP contribution in [0, 0.1) is 5.82 Å². The van der Waals surface area contributed by atoms with Crippen LogP contribution in [0.3, 0.4) is 0 Å². The number of aromatic nitrogens is 1. The van der Waals surface area contributed by atoms with Gasteiger partial charge in [0.25, 0.3) is 5.91 Å². The summed E-state index contributed by atoms with van der Waals surface area (Å²) in [5, 5.41) is 0. The van der Waals surface area contributed by atoms with Gasteiger partial charge in [-0.2, -0.15) is 0 Å². The van der Waals surface area contributed by atoms with Crippen LogP contribution >= 0.6 is 0 Å². The minimum atomic E-state index is -0.375. The summed E-state index contributed by atoms with van der Waals surface area (Å²) < 4.78 is 18.8. The van der Waals surface area contributed by atoms with Crippen LogP contribution < -0.4 is 4.74 Å². The van der Waals surface area contributed by atoms with Crippen LogP contribution in [0.25, 0.3) is 6.08 Å². The molecule has 0 N–H and O–H groups in total. The minimum Gasteiger partial charge on any atom is -0.487 e. The van der Waals surface area contributed by atoms with Crippen LogP contribution in [0.1, 0.15) is 21.6 Å². The quantitative estimate of drug-likeness (QED) is 0.542. The molecule has 0 spiro atoms. The van der Waals surface area contributed by atoms with E-state index in [0.717, 1.165) is 17.0 Å². The topological polar surface area (TPSA) is 62.7 Å². The summed E-state index contributed by atoms with van der Waals surface area (Å²) in [6, 6.07) is 18.7. The third-order valence-corrected chi connectivity index (χ3v) is 5.38. The number of halogens is 1. The van der Waals surface area contributed by atoms with E-state index in [2.05, 4.69) is 4.98 Å². The lowest BCUT2D eigenvalue weighted by molar-refractivity contribution is -0.127. The van der Waals surface area contributed by atoms with Crippen LogP contribution in [-0.2, 0) is 11.4 Å². The van der Waals surface area contributed by atoms with Gasteiger partial charge in [0.05, 0.1) is 5.69 Å². The summed E-state index contributed by atoms with van der Waals surface area (Å²) in [5.41, 5.74) is 2.19. The Morgan fingerprint density at radius 3 is 2.27 bits per heavy atom. The first-order valence-corrected chi connectivity index (χ1v) is 10.7. The van der Waals surface area contributed by atoms with Gasteiger partial charge in [-0.1, -0.05) is 18.2 Å². The molecule has 1 aromatic heterocycles. The van der Waals surface area contributed by atoms with Crippen molar-refractivity contribution in [2.45, 2.75) is 6.61 Å². The fourth-order valence-electron chi connectivity index (χ4n) is 3.49. The van der Waals surface area contributed by atoms with Crippen molar-refractivity contribution < 1.29 is 18.7 Å². The molecule has 7 heteroatoms. The number of benzene rings is 2. The Labute approximate surface area is 191 Å². The molecule has 2 heterocycles. The Morgan fingerprint density at radius 1 is 0.909 bits per heavy atom. The lowest BCUT2D eigenvalue weighted by Crippen LogP contribution is -2.50. The molecule has 0 saturated carbocycles. The fourth-order valence-corrected chi connectivity index (χ4v) is 3.49. The predicted molar refractivity (Wildman–Crippen MR) is 123 cm³/mol. The Morgan fingerprint density at radius 2 is 1.61 bits per heavy atom. The minimum absolute atomic E-state index is 0.0978. The molecular weight excluding hydrogens is 421 g/mol. The molecule has 33 heavy (non-hydrogen) atoms. The smallest absolute Gasteiger partial charge is 0.253 e. The first-order valence-electron chi connectivity index (χ1n) is 10.7. The van der Waals surface area contributed by atoms with Crippen LogP contribution in [0.4, 0.5) is 4.39 Å². The third kappa shape index (κ3) is 6.04. The molecule has 1 fully saturated rings. The summed E-state index contributed by atoms with van der Waals surface area (Å²) in [6.07, 6.45) is 5.04. The Balaban J connectivity index is 1.25. The first kappa shape index (κ1) is 22.2. The van der Waals surface area contributed by atoms with E-state index >= 15 is 0 Å². The van der Waals surface area contributed by atoms with Gasteiger partial charge in [-0.3, -0.25) is 14.6 Å². The zero-order chi connectivity index (χ0) is 23.0. The summed E-state index contributed by atoms with van der Waals surface area (Å²) in [6.45, 7) is 2.19. The Kier molecular flexibility index (Phi) is 7.09. The van der Waals surface area contributed by atoms with Crippen molar-refractivity contribution in [2.24, 2.45) is 0 Å². The zero-order valence-corrected chi connectivity index (χ0v) is 18.1. The molecule has 1 aliphatic rings. The van der Waals surface area contributed by atoms with Crippen molar-refractivity contribution in [3.8, 4) is 5.75 Å². The van der Waals surface area contributed by atoms with Gasteiger partial charge < -0.3 is 14.5 Å². The van der Waals surface area contributed by atoms with Crippen molar-refractivity contribution in [2.75, 3.05) is 26.2 Å². The number of piperazine rings is 1. The number of rotatable bonds is 6. The summed E-state index contributed by atoms with van der Waals surface area (Å²) in [4.78, 5) is 32.7. The largest absolute Gasteiger partial charge is 0.487 e. The Hall–Kier alpha value is -4.00. The van der Waals surface area contributed by atoms with Gasteiger partial charge in [-0.05, 0) is 60.2 Å². The van der Waals surface area contributed by atoms with Crippen molar-refractivity contribution in [1.82, 2.24) is 14.8 Å². The molecule has 168 valence electrons. The van der Waals surface area contributed by atoms with E-state index in [9.17, 15) is 14.0 Å². The molecule has 0 bridgehead atoms. The molecule has 1 aliphatic heterocycles. The van der Waals surface area contributed by atoms with Crippen molar-refractivity contribution in [3.63, 3.8) is 0 Å². The highest BCUT2D eigenvalue weighted by molar-refractivity contribution is 5.95. The highest BCUT2D eigenvalue weighted by atomic mass is 19.1. The van der Waals surface area contributed by atoms with Crippen LogP contribution in [-0.4, -0.2) is 52.8 Å². The van der Waals surface area contributed by atoms with E-state index in [1.807, 2.05) is 42.5 Å². The van der Waals surface area contributed by atoms with Crippen LogP contribution in [0.2, 0.25) is 0 Å². The van der Waals surface area contributed by atoms with Crippen LogP contribution in [0.15, 0.2) is 79.0 Å². The van der Waals surface area contributed by atoms with Gasteiger partial charge >= 0.3 is 0 Å². The van der Waals surface area contributed by atoms with Gasteiger partial charge in [-0.25, -0.2) is 4.39 Å².